The molecule has 2 aromatic carbocycles. The first kappa shape index (κ1) is 29.6. The minimum atomic E-state index is -5.02. The van der Waals surface area contributed by atoms with Crippen molar-refractivity contribution in [1.29, 1.82) is 0 Å². The Morgan fingerprint density at radius 3 is 2.33 bits per heavy atom. The van der Waals surface area contributed by atoms with Gasteiger partial charge in [-0.2, -0.15) is 26.3 Å². The largest absolute Gasteiger partial charge is 0.416 e. The van der Waals surface area contributed by atoms with Gasteiger partial charge in [-0.3, -0.25) is 4.79 Å². The zero-order chi connectivity index (χ0) is 29.3. The Labute approximate surface area is 230 Å². The molecular weight excluding hydrogens is 558 g/mol. The minimum Gasteiger partial charge on any atom is -0.373 e. The zero-order valence-electron chi connectivity index (χ0n) is 21.3. The third-order valence-corrected chi connectivity index (χ3v) is 6.89. The van der Waals surface area contributed by atoms with E-state index in [0.717, 1.165) is 4.90 Å². The van der Waals surface area contributed by atoms with E-state index in [1.807, 2.05) is 19.9 Å². The fraction of sp³-hybridized carbons (Fsp3) is 0.296. The number of carbonyl (C=O) groups is 1. The molecule has 1 aliphatic rings. The number of alkyl halides is 6. The summed E-state index contributed by atoms with van der Waals surface area (Å²) in [5, 5.41) is 0. The van der Waals surface area contributed by atoms with E-state index in [2.05, 4.69) is 14.3 Å². The number of primary amides is 1. The molecule has 1 saturated heterocycles. The molecule has 0 unspecified atom stereocenters. The Kier molecular flexibility index (Phi) is 8.29. The second kappa shape index (κ2) is 11.2. The molecule has 13 heteroatoms. The molecule has 3 aromatic rings. The van der Waals surface area contributed by atoms with Crippen molar-refractivity contribution >= 4 is 29.5 Å². The molecule has 0 saturated carbocycles. The SMILES string of the molecule is CC1(C)CN(Sc2cccc(/C(=C\c3ccnc(-c4cc(C(F)(F)F)cc(C(F)(F)F)c4)n3)C(N)=O)c2)CCO1. The first-order valence-electron chi connectivity index (χ1n) is 11.9. The molecule has 0 radical (unpaired) electrons. The first-order valence-corrected chi connectivity index (χ1v) is 12.7. The van der Waals surface area contributed by atoms with Crippen LogP contribution in [-0.4, -0.2) is 45.5 Å². The number of nitrogens with two attached hydrogens (primary N) is 1. The number of aromatic nitrogens is 2. The van der Waals surface area contributed by atoms with Crippen LogP contribution in [0.1, 0.15) is 36.2 Å². The normalized spacial score (nSPS) is 16.6. The molecule has 0 aliphatic carbocycles. The first-order chi connectivity index (χ1) is 18.6. The van der Waals surface area contributed by atoms with Gasteiger partial charge in [0.1, 0.15) is 0 Å². The van der Waals surface area contributed by atoms with E-state index < -0.39 is 35.0 Å². The number of hydrogen-bond acceptors (Lipinski definition) is 6. The third-order valence-electron chi connectivity index (χ3n) is 5.85. The number of halogens is 6. The number of rotatable bonds is 6. The maximum Gasteiger partial charge on any atom is 0.416 e. The Morgan fingerprint density at radius 1 is 1.05 bits per heavy atom. The van der Waals surface area contributed by atoms with Gasteiger partial charge in [0.2, 0.25) is 5.91 Å². The highest BCUT2D eigenvalue weighted by Gasteiger charge is 2.37. The van der Waals surface area contributed by atoms with Gasteiger partial charge >= 0.3 is 12.4 Å². The molecule has 0 spiro atoms. The molecule has 1 aliphatic heterocycles. The molecule has 2 heterocycles. The molecule has 212 valence electrons. The number of nitrogens with zero attached hydrogens (tertiary/aromatic N) is 3. The Morgan fingerprint density at radius 2 is 1.73 bits per heavy atom. The summed E-state index contributed by atoms with van der Waals surface area (Å²) in [5.41, 5.74) is 2.44. The third kappa shape index (κ3) is 7.40. The summed E-state index contributed by atoms with van der Waals surface area (Å²) in [5.74, 6) is -1.18. The number of amides is 1. The quantitative estimate of drug-likeness (QED) is 0.208. The van der Waals surface area contributed by atoms with Crippen molar-refractivity contribution in [3.05, 3.63) is 77.1 Å². The van der Waals surface area contributed by atoms with E-state index in [4.69, 9.17) is 10.5 Å². The van der Waals surface area contributed by atoms with Crippen LogP contribution in [0.3, 0.4) is 0 Å². The summed E-state index contributed by atoms with van der Waals surface area (Å²) >= 11 is 1.49. The minimum absolute atomic E-state index is 0.0291. The fourth-order valence-electron chi connectivity index (χ4n) is 4.04. The predicted molar refractivity (Wildman–Crippen MR) is 138 cm³/mol. The van der Waals surface area contributed by atoms with Crippen molar-refractivity contribution < 1.29 is 35.9 Å². The number of hydrogen-bond donors (Lipinski definition) is 1. The average Bonchev–Trinajstić information content (AvgIpc) is 2.85. The summed E-state index contributed by atoms with van der Waals surface area (Å²) in [4.78, 5) is 21.2. The lowest BCUT2D eigenvalue weighted by atomic mass is 10.0. The average molecular weight is 583 g/mol. The number of benzene rings is 2. The maximum absolute atomic E-state index is 13.3. The number of ether oxygens (including phenoxy) is 1. The summed E-state index contributed by atoms with van der Waals surface area (Å²) < 4.78 is 87.8. The van der Waals surface area contributed by atoms with Crippen LogP contribution < -0.4 is 5.73 Å². The molecular formula is C27H24F6N4O2S. The van der Waals surface area contributed by atoms with Crippen molar-refractivity contribution in [3.63, 3.8) is 0 Å². The van der Waals surface area contributed by atoms with Crippen LogP contribution >= 0.6 is 11.9 Å². The van der Waals surface area contributed by atoms with Gasteiger partial charge in [-0.15, -0.1) is 0 Å². The van der Waals surface area contributed by atoms with E-state index in [1.54, 1.807) is 18.2 Å². The summed E-state index contributed by atoms with van der Waals surface area (Å²) in [7, 11) is 0. The molecule has 1 aromatic heterocycles. The predicted octanol–water partition coefficient (Wildman–Crippen LogP) is 6.33. The highest BCUT2D eigenvalue weighted by molar-refractivity contribution is 7.97. The van der Waals surface area contributed by atoms with Crippen LogP contribution in [0.15, 0.2) is 59.6 Å². The monoisotopic (exact) mass is 582 g/mol. The standard InChI is InChI=1S/C27H24F6N4O2S/c1-25(2)15-37(8-9-39-25)40-21-5-3-4-16(12-21)22(23(34)38)14-20-6-7-35-24(36-20)17-10-18(26(28,29)30)13-19(11-17)27(31,32)33/h3-7,10-14H,8-9,15H2,1-2H3,(H2,34,38)/b22-14+. The molecule has 6 nitrogen and oxygen atoms in total. The van der Waals surface area contributed by atoms with E-state index in [-0.39, 0.29) is 28.8 Å². The highest BCUT2D eigenvalue weighted by Crippen LogP contribution is 2.38. The summed E-state index contributed by atoms with van der Waals surface area (Å²) in [6.07, 6.45) is -7.56. The van der Waals surface area contributed by atoms with Crippen molar-refractivity contribution in [1.82, 2.24) is 14.3 Å². The van der Waals surface area contributed by atoms with Gasteiger partial charge in [-0.1, -0.05) is 12.1 Å². The van der Waals surface area contributed by atoms with E-state index in [9.17, 15) is 31.1 Å². The second-order valence-electron chi connectivity index (χ2n) is 9.61. The van der Waals surface area contributed by atoms with Crippen molar-refractivity contribution in [2.45, 2.75) is 36.7 Å². The molecule has 0 bridgehead atoms. The van der Waals surface area contributed by atoms with Crippen LogP contribution in [0, 0.1) is 0 Å². The van der Waals surface area contributed by atoms with Gasteiger partial charge in [0.05, 0.1) is 29.0 Å². The van der Waals surface area contributed by atoms with Gasteiger partial charge < -0.3 is 10.5 Å². The van der Waals surface area contributed by atoms with E-state index in [0.29, 0.717) is 37.4 Å². The van der Waals surface area contributed by atoms with E-state index in [1.165, 1.54) is 30.3 Å². The van der Waals surface area contributed by atoms with Crippen LogP contribution in [0.25, 0.3) is 23.0 Å². The lowest BCUT2D eigenvalue weighted by Gasteiger charge is -2.37. The van der Waals surface area contributed by atoms with Gasteiger partial charge in [-0.25, -0.2) is 14.3 Å². The second-order valence-corrected chi connectivity index (χ2v) is 10.8. The van der Waals surface area contributed by atoms with Crippen LogP contribution in [0.2, 0.25) is 0 Å². The van der Waals surface area contributed by atoms with Crippen molar-refractivity contribution in [2.75, 3.05) is 19.7 Å². The lowest BCUT2D eigenvalue weighted by molar-refractivity contribution is -0.143. The van der Waals surface area contributed by atoms with Gasteiger partial charge in [0.15, 0.2) is 5.82 Å². The number of carbonyl (C=O) groups excluding carboxylic acids is 1. The molecule has 4 rings (SSSR count). The van der Waals surface area contributed by atoms with Gasteiger partial charge in [0.25, 0.3) is 0 Å². The summed E-state index contributed by atoms with van der Waals surface area (Å²) in [6, 6.07) is 9.50. The molecule has 0 atom stereocenters. The topological polar surface area (TPSA) is 81.3 Å². The highest BCUT2D eigenvalue weighted by atomic mass is 32.2. The summed E-state index contributed by atoms with van der Waals surface area (Å²) in [6.45, 7) is 5.92. The number of morpholine rings is 1. The molecule has 1 amide bonds. The van der Waals surface area contributed by atoms with Crippen LogP contribution in [0.5, 0.6) is 0 Å². The Balaban J connectivity index is 1.68. The van der Waals surface area contributed by atoms with E-state index >= 15 is 0 Å². The maximum atomic E-state index is 13.3. The van der Waals surface area contributed by atoms with Crippen molar-refractivity contribution in [2.24, 2.45) is 5.73 Å². The molecule has 40 heavy (non-hydrogen) atoms. The molecule has 1 fully saturated rings. The van der Waals surface area contributed by atoms with Gasteiger partial charge in [0, 0.05) is 35.3 Å². The smallest absolute Gasteiger partial charge is 0.373 e. The van der Waals surface area contributed by atoms with Gasteiger partial charge in [-0.05, 0) is 73.8 Å². The fourth-order valence-corrected chi connectivity index (χ4v) is 5.20. The lowest BCUT2D eigenvalue weighted by Crippen LogP contribution is -2.45. The van der Waals surface area contributed by atoms with Crippen LogP contribution in [-0.2, 0) is 21.9 Å². The van der Waals surface area contributed by atoms with Crippen LogP contribution in [0.4, 0.5) is 26.3 Å². The molecule has 2 N–H and O–H groups in total. The zero-order valence-corrected chi connectivity index (χ0v) is 22.1. The Bertz CT molecular complexity index is 1410. The van der Waals surface area contributed by atoms with Crippen molar-refractivity contribution in [3.8, 4) is 11.4 Å². The Hall–Kier alpha value is -3.42.